The molecule has 5 rings (SSSR count). The number of nitrogens with zero attached hydrogens (tertiary/aromatic N) is 2. The van der Waals surface area contributed by atoms with E-state index in [1.54, 1.807) is 14.2 Å². The number of rotatable bonds is 3. The van der Waals surface area contributed by atoms with Gasteiger partial charge in [0, 0.05) is 30.2 Å². The lowest BCUT2D eigenvalue weighted by molar-refractivity contribution is 0.145. The maximum Gasteiger partial charge on any atom is 0.161 e. The number of fused-ring (bicyclic) bond motifs is 6. The van der Waals surface area contributed by atoms with Crippen molar-refractivity contribution in [3.8, 4) is 11.5 Å². The fourth-order valence-electron chi connectivity index (χ4n) is 5.05. The van der Waals surface area contributed by atoms with Gasteiger partial charge in [-0.05, 0) is 60.7 Å². The molecule has 5 heteroatoms. The van der Waals surface area contributed by atoms with Gasteiger partial charge in [0.05, 0.1) is 19.7 Å². The second-order valence-corrected chi connectivity index (χ2v) is 7.86. The second kappa shape index (κ2) is 6.54. The average Bonchev–Trinajstić information content (AvgIpc) is 3.02. The normalized spacial score (nSPS) is 18.5. The molecule has 2 aliphatic rings. The lowest BCUT2D eigenvalue weighted by Gasteiger charge is -2.41. The van der Waals surface area contributed by atoms with E-state index in [0.29, 0.717) is 6.04 Å². The molecule has 0 bridgehead atoms. The van der Waals surface area contributed by atoms with Gasteiger partial charge in [-0.3, -0.25) is 4.90 Å². The van der Waals surface area contributed by atoms with Crippen molar-refractivity contribution in [1.29, 1.82) is 0 Å². The Bertz CT molecular complexity index is 1070. The van der Waals surface area contributed by atoms with E-state index >= 15 is 0 Å². The monoisotopic (exact) mass is 378 g/mol. The van der Waals surface area contributed by atoms with Gasteiger partial charge in [-0.2, -0.15) is 0 Å². The Morgan fingerprint density at radius 3 is 2.64 bits per heavy atom. The quantitative estimate of drug-likeness (QED) is 0.757. The first kappa shape index (κ1) is 17.6. The van der Waals surface area contributed by atoms with Crippen LogP contribution in [0.5, 0.6) is 11.5 Å². The van der Waals surface area contributed by atoms with Gasteiger partial charge in [0.25, 0.3) is 0 Å². The number of aromatic nitrogens is 1. The molecule has 0 radical (unpaired) electrons. The first-order valence-electron chi connectivity index (χ1n) is 9.85. The molecule has 0 fully saturated rings. The van der Waals surface area contributed by atoms with Crippen molar-refractivity contribution in [3.05, 3.63) is 58.3 Å². The highest BCUT2D eigenvalue weighted by Crippen LogP contribution is 2.44. The van der Waals surface area contributed by atoms with Crippen LogP contribution < -0.4 is 9.47 Å². The second-order valence-electron chi connectivity index (χ2n) is 7.86. The van der Waals surface area contributed by atoms with Crippen LogP contribution in [0.2, 0.25) is 0 Å². The van der Waals surface area contributed by atoms with E-state index in [-0.39, 0.29) is 6.73 Å². The van der Waals surface area contributed by atoms with Crippen molar-refractivity contribution < 1.29 is 14.6 Å². The van der Waals surface area contributed by atoms with E-state index in [9.17, 15) is 5.11 Å². The van der Waals surface area contributed by atoms with E-state index in [1.807, 2.05) is 0 Å². The number of hydrogen-bond donors (Lipinski definition) is 1. The lowest BCUT2D eigenvalue weighted by atomic mass is 9.85. The summed E-state index contributed by atoms with van der Waals surface area (Å²) >= 11 is 0. The summed E-state index contributed by atoms with van der Waals surface area (Å²) in [4.78, 5) is 2.54. The zero-order valence-corrected chi connectivity index (χ0v) is 16.7. The first-order chi connectivity index (χ1) is 13.6. The molecule has 0 aliphatic carbocycles. The number of hydrogen-bond acceptors (Lipinski definition) is 4. The molecule has 28 heavy (non-hydrogen) atoms. The summed E-state index contributed by atoms with van der Waals surface area (Å²) in [7, 11) is 3.39. The average molecular weight is 378 g/mol. The fourth-order valence-corrected chi connectivity index (χ4v) is 5.05. The highest BCUT2D eigenvalue weighted by atomic mass is 16.5. The van der Waals surface area contributed by atoms with Gasteiger partial charge in [0.1, 0.15) is 6.73 Å². The summed E-state index contributed by atoms with van der Waals surface area (Å²) in [6, 6.07) is 11.2. The summed E-state index contributed by atoms with van der Waals surface area (Å²) < 4.78 is 13.2. The topological polar surface area (TPSA) is 46.9 Å². The number of aliphatic hydroxyl groups is 1. The van der Waals surface area contributed by atoms with Gasteiger partial charge in [-0.1, -0.05) is 11.6 Å². The van der Waals surface area contributed by atoms with Crippen LogP contribution in [0.25, 0.3) is 10.9 Å². The molecule has 1 aromatic heterocycles. The third-order valence-electron chi connectivity index (χ3n) is 6.45. The van der Waals surface area contributed by atoms with Crippen molar-refractivity contribution in [2.75, 3.05) is 20.8 Å². The molecule has 5 nitrogen and oxygen atoms in total. The molecule has 1 atom stereocenters. The van der Waals surface area contributed by atoms with Crippen molar-refractivity contribution in [2.45, 2.75) is 39.1 Å². The van der Waals surface area contributed by atoms with E-state index in [1.165, 1.54) is 33.3 Å². The van der Waals surface area contributed by atoms with Crippen molar-refractivity contribution >= 4 is 10.9 Å². The van der Waals surface area contributed by atoms with E-state index in [0.717, 1.165) is 42.9 Å². The van der Waals surface area contributed by atoms with Crippen LogP contribution in [-0.4, -0.2) is 35.3 Å². The predicted molar refractivity (Wildman–Crippen MR) is 109 cm³/mol. The maximum absolute atomic E-state index is 10.0. The molecule has 146 valence electrons. The number of aliphatic hydroxyl groups excluding tert-OH is 1. The SMILES string of the molecule is COc1cc2c(cc1OC)C1Cc3c(n(CO)c4ccc(C)cc34)CN1CC2. The minimum atomic E-state index is 0.0228. The summed E-state index contributed by atoms with van der Waals surface area (Å²) in [6.07, 6.45) is 1.95. The third-order valence-corrected chi connectivity index (χ3v) is 6.45. The number of methoxy groups -OCH3 is 2. The van der Waals surface area contributed by atoms with Gasteiger partial charge in [0.2, 0.25) is 0 Å². The molecule has 3 aromatic rings. The van der Waals surface area contributed by atoms with Crippen molar-refractivity contribution in [3.63, 3.8) is 0 Å². The largest absolute Gasteiger partial charge is 0.493 e. The van der Waals surface area contributed by atoms with Gasteiger partial charge in [0.15, 0.2) is 11.5 Å². The van der Waals surface area contributed by atoms with Gasteiger partial charge in [-0.15, -0.1) is 0 Å². The number of benzene rings is 2. The Kier molecular flexibility index (Phi) is 4.11. The summed E-state index contributed by atoms with van der Waals surface area (Å²) in [6.45, 7) is 4.03. The van der Waals surface area contributed by atoms with E-state index in [2.05, 4.69) is 46.7 Å². The Morgan fingerprint density at radius 1 is 1.11 bits per heavy atom. The molecule has 1 unspecified atom stereocenters. The Hall–Kier alpha value is -2.50. The summed E-state index contributed by atoms with van der Waals surface area (Å²) in [5.41, 5.74) is 7.70. The van der Waals surface area contributed by atoms with Crippen LogP contribution in [0.15, 0.2) is 30.3 Å². The van der Waals surface area contributed by atoms with Crippen LogP contribution in [0.1, 0.15) is 34.0 Å². The highest BCUT2D eigenvalue weighted by molar-refractivity contribution is 5.86. The lowest BCUT2D eigenvalue weighted by Crippen LogP contribution is -2.39. The van der Waals surface area contributed by atoms with Crippen LogP contribution in [0.3, 0.4) is 0 Å². The molecule has 3 heterocycles. The molecule has 1 N–H and O–H groups in total. The minimum absolute atomic E-state index is 0.0228. The summed E-state index contributed by atoms with van der Waals surface area (Å²) in [5.74, 6) is 1.60. The highest BCUT2D eigenvalue weighted by Gasteiger charge is 2.35. The molecule has 0 amide bonds. The van der Waals surface area contributed by atoms with E-state index in [4.69, 9.17) is 9.47 Å². The zero-order chi connectivity index (χ0) is 19.4. The van der Waals surface area contributed by atoms with Crippen molar-refractivity contribution in [2.24, 2.45) is 0 Å². The molecular weight excluding hydrogens is 352 g/mol. The third kappa shape index (κ3) is 2.46. The van der Waals surface area contributed by atoms with Gasteiger partial charge >= 0.3 is 0 Å². The predicted octanol–water partition coefficient (Wildman–Crippen LogP) is 3.57. The number of aryl methyl sites for hydroxylation is 1. The minimum Gasteiger partial charge on any atom is -0.493 e. The van der Waals surface area contributed by atoms with Crippen LogP contribution >= 0.6 is 0 Å². The molecule has 0 saturated heterocycles. The standard InChI is InChI=1S/C23H26N2O3/c1-14-4-5-19-17(8-14)18-10-20-16-11-23(28-3)22(27-2)9-15(16)6-7-24(20)12-21(18)25(19)13-26/h4-5,8-9,11,20,26H,6-7,10,12-13H2,1-3H3. The fraction of sp³-hybridized carbons (Fsp3) is 0.391. The molecular formula is C23H26N2O3. The van der Waals surface area contributed by atoms with Crippen LogP contribution in [-0.2, 0) is 26.1 Å². The Balaban J connectivity index is 1.66. The zero-order valence-electron chi connectivity index (χ0n) is 16.7. The Morgan fingerprint density at radius 2 is 1.89 bits per heavy atom. The molecule has 0 spiro atoms. The number of ether oxygens (including phenoxy) is 2. The van der Waals surface area contributed by atoms with Gasteiger partial charge in [-0.25, -0.2) is 0 Å². The van der Waals surface area contributed by atoms with E-state index < -0.39 is 0 Å². The van der Waals surface area contributed by atoms with Gasteiger partial charge < -0.3 is 19.1 Å². The first-order valence-corrected chi connectivity index (χ1v) is 9.85. The Labute approximate surface area is 165 Å². The van der Waals surface area contributed by atoms with Crippen LogP contribution in [0, 0.1) is 6.92 Å². The maximum atomic E-state index is 10.0. The summed E-state index contributed by atoms with van der Waals surface area (Å²) in [5, 5.41) is 11.3. The molecule has 2 aliphatic heterocycles. The molecule has 2 aromatic carbocycles. The smallest absolute Gasteiger partial charge is 0.161 e. The van der Waals surface area contributed by atoms with Crippen molar-refractivity contribution in [1.82, 2.24) is 9.47 Å². The molecule has 0 saturated carbocycles. The van der Waals surface area contributed by atoms with Crippen LogP contribution in [0.4, 0.5) is 0 Å².